The quantitative estimate of drug-likeness (QED) is 0.0235. The largest absolute Gasteiger partial charge is 0.481 e. The van der Waals surface area contributed by atoms with E-state index in [4.69, 9.17) is 29.0 Å². The standard InChI is InChI=1S/C42H79N3O14P2/c1-3-5-7-9-11-13-15-17-18-20-22-24-26-28-38(46)57-35(32-54-31-27-25-23-21-19-16-14-12-10-8-6-4-2)33-55-60(50,51)59-61(52,53)56-34-36-39(47)40(48)41(58-36)45-30-29-37(43)44-42(45)49/h29-30,35-36,39-41,47-48H,3-28,31-34H2,1-2H3,(H,50,51)(H,52,53)(H2,43,44,49)/t35-,36+,39+,40-,41+/m0/s1. The molecule has 61 heavy (non-hydrogen) atoms. The zero-order chi connectivity index (χ0) is 44.8. The van der Waals surface area contributed by atoms with Crippen molar-refractivity contribution < 1.29 is 61.5 Å². The van der Waals surface area contributed by atoms with E-state index in [0.717, 1.165) is 49.5 Å². The summed E-state index contributed by atoms with van der Waals surface area (Å²) in [6.07, 6.45) is 23.3. The fourth-order valence-corrected chi connectivity index (χ4v) is 9.26. The fourth-order valence-electron chi connectivity index (χ4n) is 7.15. The second-order valence-electron chi connectivity index (χ2n) is 16.3. The first kappa shape index (κ1) is 55.4. The number of nitrogens with two attached hydrogens (primary N) is 1. The van der Waals surface area contributed by atoms with Crippen molar-refractivity contribution in [3.8, 4) is 0 Å². The van der Waals surface area contributed by atoms with Crippen LogP contribution >= 0.6 is 15.6 Å². The molecule has 1 aromatic rings. The van der Waals surface area contributed by atoms with Crippen molar-refractivity contribution >= 4 is 27.4 Å². The molecule has 7 atom stereocenters. The Kier molecular flexibility index (Phi) is 29.8. The molecule has 1 aliphatic rings. The molecule has 1 saturated heterocycles. The van der Waals surface area contributed by atoms with Crippen molar-refractivity contribution in [2.75, 3.05) is 32.2 Å². The minimum Gasteiger partial charge on any atom is -0.457 e. The number of rotatable bonds is 39. The van der Waals surface area contributed by atoms with Crippen LogP contribution in [-0.4, -0.2) is 86.4 Å². The number of anilines is 1. The molecule has 0 amide bonds. The summed E-state index contributed by atoms with van der Waals surface area (Å²) in [6, 6.07) is 1.26. The smallest absolute Gasteiger partial charge is 0.457 e. The van der Waals surface area contributed by atoms with Gasteiger partial charge in [-0.05, 0) is 18.9 Å². The molecule has 2 rings (SSSR count). The number of aliphatic hydroxyl groups is 2. The van der Waals surface area contributed by atoms with Crippen LogP contribution < -0.4 is 11.4 Å². The van der Waals surface area contributed by atoms with Gasteiger partial charge in [0.25, 0.3) is 0 Å². The maximum Gasteiger partial charge on any atom is 0.481 e. The number of aliphatic hydroxyl groups excluding tert-OH is 2. The second kappa shape index (κ2) is 32.8. The number of nitrogens with zero attached hydrogens (tertiary/aromatic N) is 2. The summed E-state index contributed by atoms with van der Waals surface area (Å²) in [5.74, 6) is -0.608. The van der Waals surface area contributed by atoms with Gasteiger partial charge in [0.15, 0.2) is 6.23 Å². The monoisotopic (exact) mass is 912 g/mol. The van der Waals surface area contributed by atoms with Gasteiger partial charge in [-0.15, -0.1) is 0 Å². The van der Waals surface area contributed by atoms with Crippen molar-refractivity contribution in [3.05, 3.63) is 22.7 Å². The van der Waals surface area contributed by atoms with Crippen LogP contribution in [0.4, 0.5) is 5.82 Å². The van der Waals surface area contributed by atoms with Gasteiger partial charge in [0.2, 0.25) is 0 Å². The Morgan fingerprint density at radius 1 is 0.738 bits per heavy atom. The molecule has 0 saturated carbocycles. The van der Waals surface area contributed by atoms with Crippen molar-refractivity contribution in [2.24, 2.45) is 0 Å². The predicted octanol–water partition coefficient (Wildman–Crippen LogP) is 8.81. The number of aromatic nitrogens is 2. The first-order valence-corrected chi connectivity index (χ1v) is 26.1. The highest BCUT2D eigenvalue weighted by molar-refractivity contribution is 7.61. The van der Waals surface area contributed by atoms with Crippen LogP contribution in [-0.2, 0) is 41.5 Å². The molecule has 6 N–H and O–H groups in total. The van der Waals surface area contributed by atoms with Crippen LogP contribution in [0.1, 0.15) is 187 Å². The molecule has 1 aliphatic heterocycles. The predicted molar refractivity (Wildman–Crippen MR) is 234 cm³/mol. The normalized spacial score (nSPS) is 20.4. The Balaban J connectivity index is 1.79. The second-order valence-corrected chi connectivity index (χ2v) is 19.3. The number of unbranched alkanes of at least 4 members (excludes halogenated alkanes) is 23. The maximum absolute atomic E-state index is 12.8. The Morgan fingerprint density at radius 2 is 1.21 bits per heavy atom. The third kappa shape index (κ3) is 26.0. The van der Waals surface area contributed by atoms with Gasteiger partial charge in [0.1, 0.15) is 30.2 Å². The maximum atomic E-state index is 12.8. The van der Waals surface area contributed by atoms with E-state index < -0.39 is 71.2 Å². The number of phosphoric ester groups is 2. The molecular weight excluding hydrogens is 832 g/mol. The fraction of sp³-hybridized carbons (Fsp3) is 0.881. The van der Waals surface area contributed by atoms with E-state index in [0.29, 0.717) is 13.0 Å². The molecule has 0 spiro atoms. The van der Waals surface area contributed by atoms with E-state index in [2.05, 4.69) is 23.1 Å². The van der Waals surface area contributed by atoms with Gasteiger partial charge in [-0.1, -0.05) is 162 Å². The van der Waals surface area contributed by atoms with Gasteiger partial charge in [0.05, 0.1) is 19.8 Å². The highest BCUT2D eigenvalue weighted by atomic mass is 31.3. The third-order valence-electron chi connectivity index (χ3n) is 10.7. The van der Waals surface area contributed by atoms with Gasteiger partial charge >= 0.3 is 27.3 Å². The zero-order valence-corrected chi connectivity index (χ0v) is 38.8. The number of ether oxygens (including phenoxy) is 3. The Morgan fingerprint density at radius 3 is 1.72 bits per heavy atom. The molecule has 19 heteroatoms. The Hall–Kier alpha value is -1.75. The van der Waals surface area contributed by atoms with Crippen molar-refractivity contribution in [3.63, 3.8) is 0 Å². The first-order valence-electron chi connectivity index (χ1n) is 23.1. The third-order valence-corrected chi connectivity index (χ3v) is 13.3. The van der Waals surface area contributed by atoms with Gasteiger partial charge in [0, 0.05) is 19.2 Å². The molecular formula is C42H79N3O14P2. The number of phosphoric acid groups is 2. The molecule has 1 aromatic heterocycles. The summed E-state index contributed by atoms with van der Waals surface area (Å²) in [5, 5.41) is 20.9. The van der Waals surface area contributed by atoms with E-state index in [1.807, 2.05) is 0 Å². The van der Waals surface area contributed by atoms with Crippen LogP contribution in [0.5, 0.6) is 0 Å². The Bertz CT molecular complexity index is 1460. The molecule has 356 valence electrons. The molecule has 0 bridgehead atoms. The molecule has 1 fully saturated rings. The summed E-state index contributed by atoms with van der Waals surface area (Å²) in [5.41, 5.74) is 4.61. The van der Waals surface area contributed by atoms with Gasteiger partial charge < -0.3 is 39.9 Å². The van der Waals surface area contributed by atoms with Crippen LogP contribution in [0.15, 0.2) is 17.1 Å². The lowest BCUT2D eigenvalue weighted by molar-refractivity contribution is -0.154. The molecule has 0 radical (unpaired) electrons. The lowest BCUT2D eigenvalue weighted by Gasteiger charge is -2.21. The topological polar surface area (TPSA) is 248 Å². The summed E-state index contributed by atoms with van der Waals surface area (Å²) < 4.78 is 57.3. The molecule has 17 nitrogen and oxygen atoms in total. The van der Waals surface area contributed by atoms with Crippen LogP contribution in [0.3, 0.4) is 0 Å². The lowest BCUT2D eigenvalue weighted by Crippen LogP contribution is -2.36. The number of hydrogen-bond donors (Lipinski definition) is 5. The minimum absolute atomic E-state index is 0.0833. The van der Waals surface area contributed by atoms with E-state index in [1.54, 1.807) is 0 Å². The van der Waals surface area contributed by atoms with Crippen molar-refractivity contribution in [2.45, 2.75) is 211 Å². The van der Waals surface area contributed by atoms with Crippen molar-refractivity contribution in [1.82, 2.24) is 9.55 Å². The van der Waals surface area contributed by atoms with Crippen LogP contribution in [0.25, 0.3) is 0 Å². The summed E-state index contributed by atoms with van der Waals surface area (Å²) >= 11 is 0. The van der Waals surface area contributed by atoms with Gasteiger partial charge in [-0.25, -0.2) is 13.9 Å². The summed E-state index contributed by atoms with van der Waals surface area (Å²) in [7, 11) is -10.6. The number of hydrogen-bond acceptors (Lipinski definition) is 14. The summed E-state index contributed by atoms with van der Waals surface area (Å²) in [6.45, 7) is 3.12. The number of esters is 1. The average molecular weight is 912 g/mol. The molecule has 2 heterocycles. The van der Waals surface area contributed by atoms with E-state index in [9.17, 15) is 38.7 Å². The van der Waals surface area contributed by atoms with Crippen LogP contribution in [0.2, 0.25) is 0 Å². The first-order chi connectivity index (χ1) is 29.3. The van der Waals surface area contributed by atoms with Gasteiger partial charge in [-0.2, -0.15) is 9.29 Å². The zero-order valence-electron chi connectivity index (χ0n) is 37.0. The molecule has 2 unspecified atom stereocenters. The highest BCUT2D eigenvalue weighted by Gasteiger charge is 2.46. The highest BCUT2D eigenvalue weighted by Crippen LogP contribution is 2.60. The minimum atomic E-state index is -5.35. The number of carbonyl (C=O) groups is 1. The van der Waals surface area contributed by atoms with E-state index in [-0.39, 0.29) is 18.8 Å². The molecule has 0 aliphatic carbocycles. The number of carbonyl (C=O) groups excluding carboxylic acids is 1. The SMILES string of the molecule is CCCCCCCCCCCCCCCC(=O)O[C@@H](COCCCCCCCCCCCCCC)COP(=O)(O)OP(=O)(O)OC[C@H]1O[C@@H](n2ccc(N)nc2=O)[C@@H](O)[C@@H]1O. The van der Waals surface area contributed by atoms with E-state index >= 15 is 0 Å². The van der Waals surface area contributed by atoms with Crippen LogP contribution in [0, 0.1) is 0 Å². The van der Waals surface area contributed by atoms with E-state index in [1.165, 1.54) is 121 Å². The van der Waals surface area contributed by atoms with Crippen molar-refractivity contribution in [1.29, 1.82) is 0 Å². The van der Waals surface area contributed by atoms with Gasteiger partial charge in [-0.3, -0.25) is 18.4 Å². The number of nitrogen functional groups attached to an aromatic ring is 1. The lowest BCUT2D eigenvalue weighted by atomic mass is 10.0. The molecule has 0 aromatic carbocycles. The average Bonchev–Trinajstić information content (AvgIpc) is 3.49. The summed E-state index contributed by atoms with van der Waals surface area (Å²) in [4.78, 5) is 49.1. The Labute approximate surface area is 364 Å².